The molecule has 6 heteroatoms. The van der Waals surface area contributed by atoms with E-state index in [2.05, 4.69) is 25.9 Å². The van der Waals surface area contributed by atoms with Crippen LogP contribution in [0.4, 0.5) is 4.39 Å². The van der Waals surface area contributed by atoms with Crippen molar-refractivity contribution in [2.45, 2.75) is 0 Å². The van der Waals surface area contributed by atoms with Gasteiger partial charge < -0.3 is 9.47 Å². The number of aromatic nitrogens is 2. The SMILES string of the molecule is COc1ccc2nc(Oc3ccc(Br)cc3F)ncc2c1. The zero-order valence-electron chi connectivity index (χ0n) is 11.0. The monoisotopic (exact) mass is 348 g/mol. The van der Waals surface area contributed by atoms with Gasteiger partial charge in [-0.1, -0.05) is 15.9 Å². The lowest BCUT2D eigenvalue weighted by Gasteiger charge is -2.06. The summed E-state index contributed by atoms with van der Waals surface area (Å²) < 4.78 is 24.9. The lowest BCUT2D eigenvalue weighted by molar-refractivity contribution is 0.411. The second-order valence-corrected chi connectivity index (χ2v) is 5.17. The Morgan fingerprint density at radius 2 is 2.00 bits per heavy atom. The maximum absolute atomic E-state index is 13.7. The van der Waals surface area contributed by atoms with E-state index in [0.717, 1.165) is 11.1 Å². The summed E-state index contributed by atoms with van der Waals surface area (Å²) in [7, 11) is 1.59. The van der Waals surface area contributed by atoms with E-state index in [4.69, 9.17) is 9.47 Å². The van der Waals surface area contributed by atoms with Crippen LogP contribution in [0.25, 0.3) is 10.9 Å². The van der Waals surface area contributed by atoms with E-state index in [-0.39, 0.29) is 11.8 Å². The average Bonchev–Trinajstić information content (AvgIpc) is 2.49. The number of benzene rings is 2. The molecular weight excluding hydrogens is 339 g/mol. The number of nitrogens with zero attached hydrogens (tertiary/aromatic N) is 2. The molecule has 4 nitrogen and oxygen atoms in total. The van der Waals surface area contributed by atoms with Gasteiger partial charge in [0.05, 0.1) is 12.6 Å². The number of rotatable bonds is 3. The Kier molecular flexibility index (Phi) is 3.70. The highest BCUT2D eigenvalue weighted by molar-refractivity contribution is 9.10. The van der Waals surface area contributed by atoms with Crippen LogP contribution in [0.15, 0.2) is 47.1 Å². The van der Waals surface area contributed by atoms with Crippen molar-refractivity contribution in [2.75, 3.05) is 7.11 Å². The Morgan fingerprint density at radius 3 is 2.76 bits per heavy atom. The highest BCUT2D eigenvalue weighted by Crippen LogP contribution is 2.26. The molecule has 0 fully saturated rings. The van der Waals surface area contributed by atoms with Crippen LogP contribution in [0.5, 0.6) is 17.5 Å². The van der Waals surface area contributed by atoms with Crippen molar-refractivity contribution in [3.63, 3.8) is 0 Å². The molecule has 3 rings (SSSR count). The van der Waals surface area contributed by atoms with Crippen molar-refractivity contribution in [3.05, 3.63) is 52.9 Å². The van der Waals surface area contributed by atoms with Crippen LogP contribution < -0.4 is 9.47 Å². The minimum Gasteiger partial charge on any atom is -0.497 e. The van der Waals surface area contributed by atoms with Gasteiger partial charge in [0.1, 0.15) is 5.75 Å². The molecule has 21 heavy (non-hydrogen) atoms. The number of hydrogen-bond donors (Lipinski definition) is 0. The first-order valence-electron chi connectivity index (χ1n) is 6.09. The van der Waals surface area contributed by atoms with Crippen molar-refractivity contribution >= 4 is 26.8 Å². The predicted octanol–water partition coefficient (Wildman–Crippen LogP) is 4.33. The number of hydrogen-bond acceptors (Lipinski definition) is 4. The van der Waals surface area contributed by atoms with Gasteiger partial charge in [0, 0.05) is 16.1 Å². The first-order chi connectivity index (χ1) is 10.2. The Balaban J connectivity index is 1.94. The molecule has 0 N–H and O–H groups in total. The zero-order valence-corrected chi connectivity index (χ0v) is 12.6. The molecule has 0 spiro atoms. The average molecular weight is 349 g/mol. The largest absolute Gasteiger partial charge is 0.497 e. The molecule has 0 bridgehead atoms. The third-order valence-electron chi connectivity index (χ3n) is 2.86. The third kappa shape index (κ3) is 2.95. The van der Waals surface area contributed by atoms with E-state index in [1.807, 2.05) is 6.07 Å². The highest BCUT2D eigenvalue weighted by atomic mass is 79.9. The molecule has 3 aromatic rings. The molecule has 0 saturated heterocycles. The molecule has 0 saturated carbocycles. The van der Waals surface area contributed by atoms with Crippen LogP contribution in [-0.2, 0) is 0 Å². The molecule has 0 radical (unpaired) electrons. The fraction of sp³-hybridized carbons (Fsp3) is 0.0667. The Hall–Kier alpha value is -2.21. The second kappa shape index (κ2) is 5.65. The lowest BCUT2D eigenvalue weighted by atomic mass is 10.2. The minimum absolute atomic E-state index is 0.0751. The summed E-state index contributed by atoms with van der Waals surface area (Å²) in [5, 5.41) is 0.818. The Bertz CT molecular complexity index is 811. The molecule has 0 atom stereocenters. The molecule has 1 aromatic heterocycles. The lowest BCUT2D eigenvalue weighted by Crippen LogP contribution is -1.94. The van der Waals surface area contributed by atoms with Crippen molar-refractivity contribution in [1.29, 1.82) is 0 Å². The van der Waals surface area contributed by atoms with Crippen molar-refractivity contribution < 1.29 is 13.9 Å². The van der Waals surface area contributed by atoms with Gasteiger partial charge in [0.15, 0.2) is 11.6 Å². The summed E-state index contributed by atoms with van der Waals surface area (Å²) >= 11 is 3.19. The van der Waals surface area contributed by atoms with Crippen molar-refractivity contribution in [3.8, 4) is 17.5 Å². The fourth-order valence-electron chi connectivity index (χ4n) is 1.83. The van der Waals surface area contributed by atoms with Gasteiger partial charge in [-0.2, -0.15) is 4.98 Å². The highest BCUT2D eigenvalue weighted by Gasteiger charge is 2.08. The van der Waals surface area contributed by atoms with Crippen molar-refractivity contribution in [2.24, 2.45) is 0 Å². The zero-order chi connectivity index (χ0) is 14.8. The topological polar surface area (TPSA) is 44.2 Å². The number of ether oxygens (including phenoxy) is 2. The van der Waals surface area contributed by atoms with Crippen LogP contribution in [0.2, 0.25) is 0 Å². The van der Waals surface area contributed by atoms with E-state index in [1.54, 1.807) is 31.5 Å². The molecule has 0 aliphatic heterocycles. The minimum atomic E-state index is -0.484. The molecule has 0 aliphatic rings. The standard InChI is InChI=1S/C15H10BrFN2O2/c1-20-11-3-4-13-9(6-11)8-18-15(19-13)21-14-5-2-10(16)7-12(14)17/h2-8H,1H3. The molecule has 106 valence electrons. The van der Waals surface area contributed by atoms with Gasteiger partial charge >= 0.3 is 6.01 Å². The first-order valence-corrected chi connectivity index (χ1v) is 6.89. The molecule has 0 aliphatic carbocycles. The maximum atomic E-state index is 13.7. The summed E-state index contributed by atoms with van der Waals surface area (Å²) in [4.78, 5) is 8.32. The molecule has 2 aromatic carbocycles. The summed E-state index contributed by atoms with van der Waals surface area (Å²) in [5.74, 6) is 0.313. The predicted molar refractivity (Wildman–Crippen MR) is 80.3 cm³/mol. The van der Waals surface area contributed by atoms with E-state index < -0.39 is 5.82 Å². The smallest absolute Gasteiger partial charge is 0.322 e. The quantitative estimate of drug-likeness (QED) is 0.706. The Labute approximate surface area is 128 Å². The van der Waals surface area contributed by atoms with Crippen molar-refractivity contribution in [1.82, 2.24) is 9.97 Å². The van der Waals surface area contributed by atoms with Crippen LogP contribution in [0, 0.1) is 5.82 Å². The fourth-order valence-corrected chi connectivity index (χ4v) is 2.16. The second-order valence-electron chi connectivity index (χ2n) is 4.25. The van der Waals surface area contributed by atoms with E-state index in [1.165, 1.54) is 12.1 Å². The third-order valence-corrected chi connectivity index (χ3v) is 3.35. The van der Waals surface area contributed by atoms with Crippen LogP contribution in [0.1, 0.15) is 0 Å². The van der Waals surface area contributed by atoms with Gasteiger partial charge in [-0.25, -0.2) is 9.37 Å². The molecular formula is C15H10BrFN2O2. The molecule has 0 unspecified atom stereocenters. The van der Waals surface area contributed by atoms with E-state index >= 15 is 0 Å². The summed E-state index contributed by atoms with van der Waals surface area (Å²) in [6.45, 7) is 0. The number of halogens is 2. The van der Waals surface area contributed by atoms with Crippen LogP contribution in [-0.4, -0.2) is 17.1 Å². The maximum Gasteiger partial charge on any atom is 0.322 e. The number of methoxy groups -OCH3 is 1. The summed E-state index contributed by atoms with van der Waals surface area (Å²) in [5.41, 5.74) is 0.693. The Morgan fingerprint density at radius 1 is 1.14 bits per heavy atom. The van der Waals surface area contributed by atoms with E-state index in [9.17, 15) is 4.39 Å². The van der Waals surface area contributed by atoms with Gasteiger partial charge in [-0.15, -0.1) is 0 Å². The number of fused-ring (bicyclic) bond motifs is 1. The molecule has 1 heterocycles. The van der Waals surface area contributed by atoms with Gasteiger partial charge in [0.2, 0.25) is 0 Å². The van der Waals surface area contributed by atoms with Gasteiger partial charge in [-0.05, 0) is 36.4 Å². The summed E-state index contributed by atoms with van der Waals surface area (Å²) in [6.07, 6.45) is 1.61. The first kappa shape index (κ1) is 13.8. The van der Waals surface area contributed by atoms with Gasteiger partial charge in [-0.3, -0.25) is 0 Å². The van der Waals surface area contributed by atoms with E-state index in [0.29, 0.717) is 9.99 Å². The normalized spacial score (nSPS) is 10.6. The summed E-state index contributed by atoms with van der Waals surface area (Å²) in [6, 6.07) is 10.0. The van der Waals surface area contributed by atoms with Crippen LogP contribution in [0.3, 0.4) is 0 Å². The van der Waals surface area contributed by atoms with Gasteiger partial charge in [0.25, 0.3) is 0 Å². The molecule has 0 amide bonds. The van der Waals surface area contributed by atoms with Crippen LogP contribution >= 0.6 is 15.9 Å².